The highest BCUT2D eigenvalue weighted by atomic mass is 32.2. The molecule has 0 fully saturated rings. The summed E-state index contributed by atoms with van der Waals surface area (Å²) in [5, 5.41) is 2.52. The van der Waals surface area contributed by atoms with Gasteiger partial charge in [-0.1, -0.05) is 49.4 Å². The SMILES string of the molecule is CCc1ccc(N(CC(=O)N(Cc2ccc(F)cc2)C(C)C(=O)NC)S(=O)(=O)c2ccccc2)cc1. The van der Waals surface area contributed by atoms with Crippen molar-refractivity contribution in [1.82, 2.24) is 10.2 Å². The first-order chi connectivity index (χ1) is 17.2. The molecule has 0 bridgehead atoms. The zero-order chi connectivity index (χ0) is 26.3. The first-order valence-corrected chi connectivity index (χ1v) is 13.0. The molecule has 7 nitrogen and oxygen atoms in total. The van der Waals surface area contributed by atoms with Gasteiger partial charge in [-0.3, -0.25) is 13.9 Å². The molecule has 2 amide bonds. The number of nitrogens with zero attached hydrogens (tertiary/aromatic N) is 2. The van der Waals surface area contributed by atoms with Crippen molar-refractivity contribution in [3.63, 3.8) is 0 Å². The number of amides is 2. The topological polar surface area (TPSA) is 86.8 Å². The lowest BCUT2D eigenvalue weighted by Crippen LogP contribution is -2.50. The molecule has 9 heteroatoms. The molecule has 3 rings (SSSR count). The van der Waals surface area contributed by atoms with E-state index in [1.54, 1.807) is 37.3 Å². The molecule has 3 aromatic carbocycles. The van der Waals surface area contributed by atoms with Gasteiger partial charge in [0.1, 0.15) is 18.4 Å². The predicted molar refractivity (Wildman–Crippen MR) is 137 cm³/mol. The monoisotopic (exact) mass is 511 g/mol. The van der Waals surface area contributed by atoms with Gasteiger partial charge in [-0.2, -0.15) is 0 Å². The maximum absolute atomic E-state index is 13.6. The molecule has 3 aromatic rings. The van der Waals surface area contributed by atoms with Crippen molar-refractivity contribution in [1.29, 1.82) is 0 Å². The lowest BCUT2D eigenvalue weighted by Gasteiger charge is -2.31. The van der Waals surface area contributed by atoms with Gasteiger partial charge in [0, 0.05) is 13.6 Å². The molecule has 0 saturated carbocycles. The van der Waals surface area contributed by atoms with E-state index in [0.717, 1.165) is 16.3 Å². The third-order valence-electron chi connectivity index (χ3n) is 5.92. The van der Waals surface area contributed by atoms with E-state index in [4.69, 9.17) is 0 Å². The van der Waals surface area contributed by atoms with E-state index in [-0.39, 0.29) is 11.4 Å². The summed E-state index contributed by atoms with van der Waals surface area (Å²) in [5.41, 5.74) is 1.96. The molecule has 0 aromatic heterocycles. The Labute approximate surface area is 211 Å². The van der Waals surface area contributed by atoms with Crippen molar-refractivity contribution < 1.29 is 22.4 Å². The minimum Gasteiger partial charge on any atom is -0.357 e. The molecule has 0 heterocycles. The number of hydrogen-bond donors (Lipinski definition) is 1. The number of carbonyl (C=O) groups excluding carboxylic acids is 2. The van der Waals surface area contributed by atoms with Crippen LogP contribution in [0.2, 0.25) is 0 Å². The van der Waals surface area contributed by atoms with Gasteiger partial charge in [0.2, 0.25) is 11.8 Å². The van der Waals surface area contributed by atoms with Crippen LogP contribution in [-0.2, 0) is 32.6 Å². The van der Waals surface area contributed by atoms with E-state index in [2.05, 4.69) is 5.32 Å². The zero-order valence-corrected chi connectivity index (χ0v) is 21.3. The van der Waals surface area contributed by atoms with E-state index in [9.17, 15) is 22.4 Å². The van der Waals surface area contributed by atoms with Gasteiger partial charge < -0.3 is 10.2 Å². The Morgan fingerprint density at radius 3 is 2.06 bits per heavy atom. The third-order valence-corrected chi connectivity index (χ3v) is 7.71. The van der Waals surface area contributed by atoms with Gasteiger partial charge in [0.25, 0.3) is 10.0 Å². The molecule has 1 N–H and O–H groups in total. The third kappa shape index (κ3) is 6.28. The Balaban J connectivity index is 2.01. The number of carbonyl (C=O) groups is 2. The number of hydrogen-bond acceptors (Lipinski definition) is 4. The number of anilines is 1. The summed E-state index contributed by atoms with van der Waals surface area (Å²) in [6.07, 6.45) is 0.778. The van der Waals surface area contributed by atoms with Crippen LogP contribution in [0.5, 0.6) is 0 Å². The summed E-state index contributed by atoms with van der Waals surface area (Å²) >= 11 is 0. The fraction of sp³-hybridized carbons (Fsp3) is 0.259. The summed E-state index contributed by atoms with van der Waals surface area (Å²) < 4.78 is 41.7. The van der Waals surface area contributed by atoms with Crippen LogP contribution in [0.4, 0.5) is 10.1 Å². The summed E-state index contributed by atoms with van der Waals surface area (Å²) in [6, 6.07) is 19.5. The van der Waals surface area contributed by atoms with Crippen molar-refractivity contribution in [3.8, 4) is 0 Å². The first kappa shape index (κ1) is 26.9. The lowest BCUT2D eigenvalue weighted by atomic mass is 10.1. The highest BCUT2D eigenvalue weighted by Gasteiger charge is 2.32. The minimum atomic E-state index is -4.10. The number of aryl methyl sites for hydroxylation is 1. The van der Waals surface area contributed by atoms with E-state index < -0.39 is 40.2 Å². The molecule has 0 aliphatic rings. The van der Waals surface area contributed by atoms with Gasteiger partial charge >= 0.3 is 0 Å². The molecule has 0 aliphatic heterocycles. The molecular formula is C27H30FN3O4S. The van der Waals surface area contributed by atoms with Crippen molar-refractivity contribution in [3.05, 3.63) is 95.8 Å². The molecule has 0 saturated heterocycles. The lowest BCUT2D eigenvalue weighted by molar-refractivity contribution is -0.139. The Hall–Kier alpha value is -3.72. The van der Waals surface area contributed by atoms with Crippen LogP contribution in [0.1, 0.15) is 25.0 Å². The van der Waals surface area contributed by atoms with Crippen molar-refractivity contribution in [2.75, 3.05) is 17.9 Å². The number of halogens is 1. The van der Waals surface area contributed by atoms with E-state index in [1.165, 1.54) is 48.3 Å². The first-order valence-electron chi connectivity index (χ1n) is 11.6. The highest BCUT2D eigenvalue weighted by Crippen LogP contribution is 2.25. The Kier molecular flexibility index (Phi) is 8.82. The summed E-state index contributed by atoms with van der Waals surface area (Å²) in [4.78, 5) is 27.4. The van der Waals surface area contributed by atoms with E-state index >= 15 is 0 Å². The smallest absolute Gasteiger partial charge is 0.264 e. The quantitative estimate of drug-likeness (QED) is 0.449. The van der Waals surface area contributed by atoms with Crippen LogP contribution in [0.3, 0.4) is 0 Å². The summed E-state index contributed by atoms with van der Waals surface area (Å²) in [5.74, 6) is -1.41. The average molecular weight is 512 g/mol. The zero-order valence-electron chi connectivity index (χ0n) is 20.5. The van der Waals surface area contributed by atoms with Crippen LogP contribution in [0, 0.1) is 5.82 Å². The number of rotatable bonds is 10. The highest BCUT2D eigenvalue weighted by molar-refractivity contribution is 7.92. The largest absolute Gasteiger partial charge is 0.357 e. The minimum absolute atomic E-state index is 0.00168. The van der Waals surface area contributed by atoms with Gasteiger partial charge in [-0.05, 0) is 60.9 Å². The molecule has 0 radical (unpaired) electrons. The van der Waals surface area contributed by atoms with Crippen LogP contribution < -0.4 is 9.62 Å². The second kappa shape index (κ2) is 11.8. The molecular weight excluding hydrogens is 481 g/mol. The van der Waals surface area contributed by atoms with Gasteiger partial charge in [-0.15, -0.1) is 0 Å². The normalized spacial score (nSPS) is 12.0. The Morgan fingerprint density at radius 2 is 1.50 bits per heavy atom. The molecule has 0 spiro atoms. The van der Waals surface area contributed by atoms with Crippen LogP contribution in [0.15, 0.2) is 83.8 Å². The maximum atomic E-state index is 13.6. The number of nitrogens with one attached hydrogen (secondary N) is 1. The number of sulfonamides is 1. The molecule has 1 atom stereocenters. The van der Waals surface area contributed by atoms with Crippen molar-refractivity contribution in [2.24, 2.45) is 0 Å². The number of likely N-dealkylation sites (N-methyl/N-ethyl adjacent to an activating group) is 1. The van der Waals surface area contributed by atoms with Crippen LogP contribution >= 0.6 is 0 Å². The van der Waals surface area contributed by atoms with Crippen molar-refractivity contribution in [2.45, 2.75) is 37.8 Å². The van der Waals surface area contributed by atoms with Gasteiger partial charge in [0.05, 0.1) is 10.6 Å². The maximum Gasteiger partial charge on any atom is 0.264 e. The second-order valence-corrected chi connectivity index (χ2v) is 10.1. The Morgan fingerprint density at radius 1 is 0.917 bits per heavy atom. The Bertz CT molecular complexity index is 1280. The van der Waals surface area contributed by atoms with E-state index in [0.29, 0.717) is 11.3 Å². The molecule has 36 heavy (non-hydrogen) atoms. The number of benzene rings is 3. The fourth-order valence-corrected chi connectivity index (χ4v) is 5.16. The van der Waals surface area contributed by atoms with E-state index in [1.807, 2.05) is 19.1 Å². The van der Waals surface area contributed by atoms with Gasteiger partial charge in [-0.25, -0.2) is 12.8 Å². The standard InChI is InChI=1S/C27H30FN3O4S/c1-4-21-12-16-24(17-13-21)31(36(34,35)25-8-6-5-7-9-25)19-26(32)30(20(2)27(33)29-3)18-22-10-14-23(28)15-11-22/h5-17,20H,4,18-19H2,1-3H3,(H,29,33). The fourth-order valence-electron chi connectivity index (χ4n) is 3.72. The average Bonchev–Trinajstić information content (AvgIpc) is 2.90. The predicted octanol–water partition coefficient (Wildman–Crippen LogP) is 3.75. The van der Waals surface area contributed by atoms with Crippen LogP contribution in [0.25, 0.3) is 0 Å². The summed E-state index contributed by atoms with van der Waals surface area (Å²) in [6.45, 7) is 3.03. The second-order valence-electron chi connectivity index (χ2n) is 8.28. The summed E-state index contributed by atoms with van der Waals surface area (Å²) in [7, 11) is -2.64. The van der Waals surface area contributed by atoms with Crippen LogP contribution in [-0.4, -0.2) is 44.8 Å². The molecule has 1 unspecified atom stereocenters. The van der Waals surface area contributed by atoms with Crippen molar-refractivity contribution >= 4 is 27.5 Å². The molecule has 0 aliphatic carbocycles. The molecule has 190 valence electrons. The van der Waals surface area contributed by atoms with Gasteiger partial charge in [0.15, 0.2) is 0 Å².